The summed E-state index contributed by atoms with van der Waals surface area (Å²) >= 11 is 0. The van der Waals surface area contributed by atoms with Gasteiger partial charge in [0, 0.05) is 0 Å². The molecule has 0 amide bonds. The van der Waals surface area contributed by atoms with E-state index in [-0.39, 0.29) is 19.8 Å². The van der Waals surface area contributed by atoms with E-state index < -0.39 is 35.4 Å². The van der Waals surface area contributed by atoms with Gasteiger partial charge in [0.05, 0.1) is 13.2 Å². The van der Waals surface area contributed by atoms with Crippen molar-refractivity contribution in [2.24, 2.45) is 0 Å². The van der Waals surface area contributed by atoms with Crippen LogP contribution in [0.15, 0.2) is 30.3 Å². The highest BCUT2D eigenvalue weighted by Crippen LogP contribution is 2.29. The topological polar surface area (TPSA) is 97.4 Å². The van der Waals surface area contributed by atoms with E-state index in [0.29, 0.717) is 5.56 Å². The summed E-state index contributed by atoms with van der Waals surface area (Å²) in [6, 6.07) is 8.89. The molecule has 1 aliphatic rings. The molecule has 1 aliphatic heterocycles. The fourth-order valence-electron chi connectivity index (χ4n) is 2.29. The third kappa shape index (κ3) is 5.27. The number of benzene rings is 1. The highest BCUT2D eigenvalue weighted by molar-refractivity contribution is 6.02. The van der Waals surface area contributed by atoms with E-state index in [1.54, 1.807) is 52.0 Å². The molecule has 0 aliphatic carbocycles. The van der Waals surface area contributed by atoms with Crippen molar-refractivity contribution in [3.8, 4) is 0 Å². The number of carbonyl (C=O) groups is 3. The van der Waals surface area contributed by atoms with Crippen LogP contribution >= 0.6 is 0 Å². The van der Waals surface area contributed by atoms with Gasteiger partial charge in [0.15, 0.2) is 6.10 Å². The van der Waals surface area contributed by atoms with Gasteiger partial charge in [-0.25, -0.2) is 14.4 Å². The van der Waals surface area contributed by atoms with E-state index in [2.05, 4.69) is 0 Å². The van der Waals surface area contributed by atoms with Gasteiger partial charge in [-0.05, 0) is 33.3 Å². The zero-order valence-corrected chi connectivity index (χ0v) is 15.9. The molecule has 148 valence electrons. The number of esters is 3. The molecule has 0 spiro atoms. The number of ether oxygens (including phenoxy) is 5. The molecule has 27 heavy (non-hydrogen) atoms. The second-order valence-electron chi connectivity index (χ2n) is 6.85. The third-order valence-electron chi connectivity index (χ3n) is 3.44. The number of carbonyl (C=O) groups excluding carboxylic acids is 3. The molecule has 8 nitrogen and oxygen atoms in total. The first-order chi connectivity index (χ1) is 12.7. The number of hydrogen-bond acceptors (Lipinski definition) is 8. The summed E-state index contributed by atoms with van der Waals surface area (Å²) in [5.41, 5.74) is -0.0461. The normalized spacial score (nSPS) is 22.1. The molecule has 0 radical (unpaired) electrons. The summed E-state index contributed by atoms with van der Waals surface area (Å²) in [6.07, 6.45) is -1.25. The lowest BCUT2D eigenvalue weighted by Gasteiger charge is -2.24. The Morgan fingerprint density at radius 3 is 2.33 bits per heavy atom. The molecule has 0 aromatic heterocycles. The third-order valence-corrected chi connectivity index (χ3v) is 3.44. The van der Waals surface area contributed by atoms with E-state index in [9.17, 15) is 14.4 Å². The van der Waals surface area contributed by atoms with Crippen molar-refractivity contribution in [2.75, 3.05) is 13.2 Å². The molecule has 1 heterocycles. The van der Waals surface area contributed by atoms with Gasteiger partial charge in [-0.3, -0.25) is 0 Å². The minimum atomic E-state index is -2.45. The summed E-state index contributed by atoms with van der Waals surface area (Å²) < 4.78 is 25.9. The van der Waals surface area contributed by atoms with Crippen LogP contribution in [0.5, 0.6) is 0 Å². The molecule has 8 heteroatoms. The van der Waals surface area contributed by atoms with Gasteiger partial charge >= 0.3 is 23.7 Å². The molecule has 1 aromatic rings. The fourth-order valence-corrected chi connectivity index (χ4v) is 2.29. The average Bonchev–Trinajstić information content (AvgIpc) is 3.06. The molecule has 2 rings (SSSR count). The van der Waals surface area contributed by atoms with Gasteiger partial charge in [0.25, 0.3) is 0 Å². The minimum absolute atomic E-state index is 0.00360. The standard InChI is InChI=1S/C19H24O8/c1-5-23-16(21)19(17(22)24-11-13-9-7-6-8-10-13)25-12-14(26-19)15(20)27-18(2,3)4/h6-10,14H,5,11-12H2,1-4H3/t14-,19?/m0/s1. The first-order valence-corrected chi connectivity index (χ1v) is 8.61. The van der Waals surface area contributed by atoms with E-state index in [1.165, 1.54) is 0 Å². The Bertz CT molecular complexity index is 679. The van der Waals surface area contributed by atoms with E-state index in [1.807, 2.05) is 6.07 Å². The summed E-state index contributed by atoms with van der Waals surface area (Å²) in [5, 5.41) is 0. The molecular weight excluding hydrogens is 356 g/mol. The Hall–Kier alpha value is -2.45. The Balaban J connectivity index is 2.12. The van der Waals surface area contributed by atoms with Gasteiger partial charge in [0.2, 0.25) is 0 Å². The zero-order valence-electron chi connectivity index (χ0n) is 15.9. The lowest BCUT2D eigenvalue weighted by atomic mass is 10.2. The molecule has 2 atom stereocenters. The van der Waals surface area contributed by atoms with Crippen molar-refractivity contribution in [3.63, 3.8) is 0 Å². The molecular formula is C19H24O8. The smallest absolute Gasteiger partial charge is 0.379 e. The highest BCUT2D eigenvalue weighted by atomic mass is 16.8. The molecule has 1 fully saturated rings. The summed E-state index contributed by atoms with van der Waals surface area (Å²) in [5.74, 6) is -5.36. The van der Waals surface area contributed by atoms with Crippen molar-refractivity contribution in [3.05, 3.63) is 35.9 Å². The SMILES string of the molecule is CCOC(=O)C1(C(=O)OCc2ccccc2)OC[C@@H](C(=O)OC(C)(C)C)O1. The van der Waals surface area contributed by atoms with Gasteiger partial charge < -0.3 is 23.7 Å². The van der Waals surface area contributed by atoms with Crippen LogP contribution in [0.4, 0.5) is 0 Å². The maximum Gasteiger partial charge on any atom is 0.379 e. The van der Waals surface area contributed by atoms with E-state index >= 15 is 0 Å². The molecule has 1 saturated heterocycles. The molecule has 1 aromatic carbocycles. The molecule has 0 saturated carbocycles. The number of hydrogen-bond donors (Lipinski definition) is 0. The predicted molar refractivity (Wildman–Crippen MR) is 92.3 cm³/mol. The van der Waals surface area contributed by atoms with Gasteiger partial charge in [-0.1, -0.05) is 30.3 Å². The van der Waals surface area contributed by atoms with E-state index in [0.717, 1.165) is 0 Å². The van der Waals surface area contributed by atoms with Crippen molar-refractivity contribution in [2.45, 2.75) is 51.8 Å². The largest absolute Gasteiger partial charge is 0.462 e. The van der Waals surface area contributed by atoms with Crippen molar-refractivity contribution < 1.29 is 38.1 Å². The lowest BCUT2D eigenvalue weighted by Crippen LogP contribution is -2.51. The fraction of sp³-hybridized carbons (Fsp3) is 0.526. The summed E-state index contributed by atoms with van der Waals surface area (Å²) in [6.45, 7) is 6.20. The van der Waals surface area contributed by atoms with E-state index in [4.69, 9.17) is 23.7 Å². The maximum absolute atomic E-state index is 12.6. The Morgan fingerprint density at radius 1 is 1.11 bits per heavy atom. The van der Waals surface area contributed by atoms with Crippen LogP contribution in [0.3, 0.4) is 0 Å². The second kappa shape index (κ2) is 8.49. The first kappa shape index (κ1) is 20.9. The average molecular weight is 380 g/mol. The van der Waals surface area contributed by atoms with Gasteiger partial charge in [0.1, 0.15) is 12.2 Å². The van der Waals surface area contributed by atoms with Gasteiger partial charge in [-0.15, -0.1) is 0 Å². The molecule has 0 N–H and O–H groups in total. The predicted octanol–water partition coefficient (Wildman–Crippen LogP) is 1.75. The number of rotatable bonds is 6. The summed E-state index contributed by atoms with van der Waals surface area (Å²) in [4.78, 5) is 37.1. The highest BCUT2D eigenvalue weighted by Gasteiger charge is 2.60. The van der Waals surface area contributed by atoms with Crippen LogP contribution in [-0.4, -0.2) is 48.6 Å². The van der Waals surface area contributed by atoms with Crippen molar-refractivity contribution in [1.29, 1.82) is 0 Å². The summed E-state index contributed by atoms with van der Waals surface area (Å²) in [7, 11) is 0. The Labute approximate surface area is 157 Å². The second-order valence-corrected chi connectivity index (χ2v) is 6.85. The van der Waals surface area contributed by atoms with Crippen molar-refractivity contribution in [1.82, 2.24) is 0 Å². The van der Waals surface area contributed by atoms with Crippen LogP contribution in [0.1, 0.15) is 33.3 Å². The Morgan fingerprint density at radius 2 is 1.74 bits per heavy atom. The lowest BCUT2D eigenvalue weighted by molar-refractivity contribution is -0.227. The maximum atomic E-state index is 12.6. The van der Waals surface area contributed by atoms with Crippen LogP contribution < -0.4 is 0 Å². The van der Waals surface area contributed by atoms with Gasteiger partial charge in [-0.2, -0.15) is 0 Å². The first-order valence-electron chi connectivity index (χ1n) is 8.61. The van der Waals surface area contributed by atoms with Crippen molar-refractivity contribution >= 4 is 17.9 Å². The van der Waals surface area contributed by atoms with Crippen LogP contribution in [0, 0.1) is 0 Å². The quantitative estimate of drug-likeness (QED) is 0.418. The zero-order chi connectivity index (χ0) is 20.1. The molecule has 1 unspecified atom stereocenters. The monoisotopic (exact) mass is 380 g/mol. The Kier molecular flexibility index (Phi) is 6.56. The van der Waals surface area contributed by atoms with Crippen LogP contribution in [0.2, 0.25) is 0 Å². The minimum Gasteiger partial charge on any atom is -0.462 e. The molecule has 0 bridgehead atoms. The van der Waals surface area contributed by atoms with Crippen LogP contribution in [-0.2, 0) is 44.7 Å². The van der Waals surface area contributed by atoms with Crippen LogP contribution in [0.25, 0.3) is 0 Å².